The van der Waals surface area contributed by atoms with Gasteiger partial charge in [-0.25, -0.2) is 19.0 Å². The number of ether oxygens (including phenoxy) is 1. The Morgan fingerprint density at radius 2 is 1.69 bits per heavy atom. The lowest BCUT2D eigenvalue weighted by atomic mass is 9.89. The third kappa shape index (κ3) is 5.86. The molecule has 45 heavy (non-hydrogen) atoms. The monoisotopic (exact) mass is 605 g/mol. The highest BCUT2D eigenvalue weighted by Gasteiger charge is 2.30. The van der Waals surface area contributed by atoms with E-state index in [0.29, 0.717) is 30.0 Å². The van der Waals surface area contributed by atoms with E-state index < -0.39 is 17.6 Å². The van der Waals surface area contributed by atoms with E-state index in [0.717, 1.165) is 59.6 Å². The van der Waals surface area contributed by atoms with E-state index in [1.165, 1.54) is 12.4 Å². The van der Waals surface area contributed by atoms with E-state index in [9.17, 15) is 9.59 Å². The molecule has 3 N–H and O–H groups in total. The van der Waals surface area contributed by atoms with Gasteiger partial charge >= 0.3 is 0 Å². The Hall–Kier alpha value is -5.16. The van der Waals surface area contributed by atoms with Gasteiger partial charge in [0.1, 0.15) is 35.2 Å². The van der Waals surface area contributed by atoms with E-state index in [1.807, 2.05) is 65.3 Å². The quantitative estimate of drug-likeness (QED) is 0.237. The van der Waals surface area contributed by atoms with Crippen LogP contribution in [0.5, 0.6) is 11.5 Å². The van der Waals surface area contributed by atoms with Crippen LogP contribution in [0.25, 0.3) is 22.3 Å². The van der Waals surface area contributed by atoms with Crippen LogP contribution in [0.2, 0.25) is 0 Å². The Balaban J connectivity index is 1.05. The third-order valence-electron chi connectivity index (χ3n) is 8.61. The number of halogens is 1. The number of piperidine rings is 2. The van der Waals surface area contributed by atoms with Crippen LogP contribution in [0.1, 0.15) is 48.8 Å². The van der Waals surface area contributed by atoms with Crippen LogP contribution in [0.3, 0.4) is 0 Å². The molecule has 1 unspecified atom stereocenters. The van der Waals surface area contributed by atoms with Crippen LogP contribution >= 0.6 is 0 Å². The summed E-state index contributed by atoms with van der Waals surface area (Å²) in [7, 11) is 0. The lowest BCUT2D eigenvalue weighted by Crippen LogP contribution is -2.39. The molecule has 1 atom stereocenters. The summed E-state index contributed by atoms with van der Waals surface area (Å²) in [6.07, 6.45) is 3.68. The van der Waals surface area contributed by atoms with E-state index in [2.05, 4.69) is 20.2 Å². The number of imide groups is 1. The lowest BCUT2D eigenvalue weighted by Gasteiger charge is -2.32. The number of nitrogens with two attached hydrogens (primary N) is 1. The molecule has 0 saturated carbocycles. The van der Waals surface area contributed by atoms with Gasteiger partial charge < -0.3 is 10.5 Å². The number of amides is 2. The summed E-state index contributed by atoms with van der Waals surface area (Å²) in [4.78, 5) is 34.8. The topological polar surface area (TPSA) is 128 Å². The van der Waals surface area contributed by atoms with Gasteiger partial charge in [0, 0.05) is 37.2 Å². The average Bonchev–Trinajstić information content (AvgIpc) is 3.44. The number of aromatic nitrogens is 4. The highest BCUT2D eigenvalue weighted by Crippen LogP contribution is 2.35. The van der Waals surface area contributed by atoms with Crippen molar-refractivity contribution in [1.82, 2.24) is 30.0 Å². The van der Waals surface area contributed by atoms with Crippen LogP contribution < -0.4 is 15.8 Å². The van der Waals surface area contributed by atoms with Gasteiger partial charge in [0.05, 0.1) is 17.3 Å². The normalized spacial score (nSPS) is 17.8. The molecular weight excluding hydrogens is 573 g/mol. The van der Waals surface area contributed by atoms with Crippen molar-refractivity contribution in [3.05, 3.63) is 96.1 Å². The molecule has 10 nitrogen and oxygen atoms in total. The third-order valence-corrected chi connectivity index (χ3v) is 8.61. The molecule has 2 amide bonds. The van der Waals surface area contributed by atoms with Gasteiger partial charge in [0.2, 0.25) is 11.8 Å². The maximum Gasteiger partial charge on any atom is 0.234 e. The molecule has 2 aromatic heterocycles. The molecular formula is C34H32FN7O3. The van der Waals surface area contributed by atoms with Gasteiger partial charge in [-0.1, -0.05) is 30.3 Å². The van der Waals surface area contributed by atoms with E-state index in [1.54, 1.807) is 6.07 Å². The van der Waals surface area contributed by atoms with Gasteiger partial charge in [0.25, 0.3) is 0 Å². The number of carbonyl (C=O) groups excluding carboxylic acids is 2. The fourth-order valence-electron chi connectivity index (χ4n) is 6.28. The second-order valence-electron chi connectivity index (χ2n) is 11.6. The summed E-state index contributed by atoms with van der Waals surface area (Å²) in [5.41, 5.74) is 9.85. The first-order chi connectivity index (χ1) is 21.9. The van der Waals surface area contributed by atoms with Gasteiger partial charge in [0.15, 0.2) is 5.65 Å². The summed E-state index contributed by atoms with van der Waals surface area (Å²) < 4.78 is 23.0. The van der Waals surface area contributed by atoms with E-state index >= 15 is 4.39 Å². The highest BCUT2D eigenvalue weighted by molar-refractivity contribution is 6.01. The number of nitrogens with one attached hydrogen (secondary N) is 1. The van der Waals surface area contributed by atoms with Crippen molar-refractivity contribution < 1.29 is 18.7 Å². The standard InChI is InChI=1S/C34H32FN7O3/c35-28-18-21(6-11-26(28)27-12-13-29(43)39-34(27)44)19-41-16-14-23(15-17-41)42-33-30(32(36)37-20-38-33)31(40-42)22-7-9-25(10-8-22)45-24-4-2-1-3-5-24/h1-11,18,20,23,27H,12-17,19H2,(H2,36,37,38)(H,39,43,44). The summed E-state index contributed by atoms with van der Waals surface area (Å²) in [6.45, 7) is 2.19. The zero-order valence-electron chi connectivity index (χ0n) is 24.5. The lowest BCUT2D eigenvalue weighted by molar-refractivity contribution is -0.134. The minimum absolute atomic E-state index is 0.110. The van der Waals surface area contributed by atoms with Gasteiger partial charge in [-0.05, 0) is 67.3 Å². The predicted octanol–water partition coefficient (Wildman–Crippen LogP) is 5.36. The Morgan fingerprint density at radius 1 is 0.933 bits per heavy atom. The number of nitrogens with zero attached hydrogens (tertiary/aromatic N) is 5. The fraction of sp³-hybridized carbons (Fsp3) is 0.265. The van der Waals surface area contributed by atoms with E-state index in [-0.39, 0.29) is 18.4 Å². The van der Waals surface area contributed by atoms with E-state index in [4.69, 9.17) is 15.6 Å². The van der Waals surface area contributed by atoms with Crippen LogP contribution in [-0.4, -0.2) is 49.6 Å². The average molecular weight is 606 g/mol. The maximum atomic E-state index is 15.1. The molecule has 228 valence electrons. The van der Waals surface area contributed by atoms with Crippen molar-refractivity contribution in [2.24, 2.45) is 0 Å². The number of hydrogen-bond donors (Lipinski definition) is 2. The van der Waals surface area contributed by atoms with Crippen LogP contribution in [0.4, 0.5) is 10.2 Å². The first-order valence-corrected chi connectivity index (χ1v) is 15.1. The van der Waals surface area contributed by atoms with Crippen molar-refractivity contribution in [1.29, 1.82) is 0 Å². The Kier molecular flexibility index (Phi) is 7.68. The van der Waals surface area contributed by atoms with Crippen LogP contribution in [-0.2, 0) is 16.1 Å². The number of carbonyl (C=O) groups is 2. The molecule has 0 radical (unpaired) electrons. The molecule has 7 rings (SSSR count). The molecule has 2 fully saturated rings. The number of benzene rings is 3. The summed E-state index contributed by atoms with van der Waals surface area (Å²) in [5.74, 6) is 0.0647. The molecule has 0 bridgehead atoms. The highest BCUT2D eigenvalue weighted by atomic mass is 19.1. The summed E-state index contributed by atoms with van der Waals surface area (Å²) >= 11 is 0. The molecule has 5 aromatic rings. The number of rotatable bonds is 7. The minimum atomic E-state index is -0.639. The second-order valence-corrected chi connectivity index (χ2v) is 11.6. The Bertz CT molecular complexity index is 1870. The number of fused-ring (bicyclic) bond motifs is 1. The van der Waals surface area contributed by atoms with Crippen molar-refractivity contribution in [2.75, 3.05) is 18.8 Å². The molecule has 3 aromatic carbocycles. The minimum Gasteiger partial charge on any atom is -0.457 e. The summed E-state index contributed by atoms with van der Waals surface area (Å²) in [6, 6.07) is 22.5. The Morgan fingerprint density at radius 3 is 2.42 bits per heavy atom. The number of hydrogen-bond acceptors (Lipinski definition) is 8. The first kappa shape index (κ1) is 28.6. The first-order valence-electron chi connectivity index (χ1n) is 15.1. The summed E-state index contributed by atoms with van der Waals surface area (Å²) in [5, 5.41) is 8.05. The van der Waals surface area contributed by atoms with Crippen LogP contribution in [0, 0.1) is 5.82 Å². The molecule has 0 spiro atoms. The predicted molar refractivity (Wildman–Crippen MR) is 167 cm³/mol. The van der Waals surface area contributed by atoms with Gasteiger partial charge in [-0.3, -0.25) is 19.8 Å². The molecule has 2 aliphatic heterocycles. The van der Waals surface area contributed by atoms with Gasteiger partial charge in [-0.15, -0.1) is 0 Å². The maximum absolute atomic E-state index is 15.1. The molecule has 0 aliphatic carbocycles. The number of para-hydroxylation sites is 1. The molecule has 2 aliphatic rings. The zero-order chi connectivity index (χ0) is 30.9. The zero-order valence-corrected chi connectivity index (χ0v) is 24.5. The van der Waals surface area contributed by atoms with Crippen molar-refractivity contribution in [3.8, 4) is 22.8 Å². The number of likely N-dealkylation sites (tertiary alicyclic amines) is 1. The smallest absolute Gasteiger partial charge is 0.234 e. The Labute approximate surface area is 259 Å². The molecule has 4 heterocycles. The molecule has 2 saturated heterocycles. The van der Waals surface area contributed by atoms with Crippen molar-refractivity contribution in [3.63, 3.8) is 0 Å². The SMILES string of the molecule is Nc1ncnc2c1c(-c1ccc(Oc3ccccc3)cc1)nn2C1CCN(Cc2ccc(C3CCC(=O)NC3=O)c(F)c2)CC1. The van der Waals surface area contributed by atoms with Crippen molar-refractivity contribution >= 4 is 28.7 Å². The molecule has 11 heteroatoms. The fourth-order valence-corrected chi connectivity index (χ4v) is 6.28. The number of nitrogen functional groups attached to an aromatic ring is 1. The van der Waals surface area contributed by atoms with Gasteiger partial charge in [-0.2, -0.15) is 5.10 Å². The number of anilines is 1. The van der Waals surface area contributed by atoms with Crippen LogP contribution in [0.15, 0.2) is 79.1 Å². The largest absolute Gasteiger partial charge is 0.457 e. The van der Waals surface area contributed by atoms with Crippen molar-refractivity contribution in [2.45, 2.75) is 44.2 Å². The second kappa shape index (κ2) is 12.1.